The molecule has 2 aromatic heterocycles. The summed E-state index contributed by atoms with van der Waals surface area (Å²) in [4.78, 5) is 11.7. The molecule has 0 radical (unpaired) electrons. The molecular weight excluding hydrogens is 419 g/mol. The van der Waals surface area contributed by atoms with Crippen LogP contribution in [0.2, 0.25) is 0 Å². The Kier molecular flexibility index (Phi) is 5.31. The summed E-state index contributed by atoms with van der Waals surface area (Å²) in [7, 11) is 1.99. The van der Waals surface area contributed by atoms with Crippen LogP contribution in [-0.4, -0.2) is 46.5 Å². The van der Waals surface area contributed by atoms with Crippen LogP contribution in [0, 0.1) is 34.4 Å². The van der Waals surface area contributed by atoms with Crippen molar-refractivity contribution in [1.82, 2.24) is 19.7 Å². The number of halogens is 1. The molecule has 33 heavy (non-hydrogen) atoms. The first-order valence-electron chi connectivity index (χ1n) is 10.9. The summed E-state index contributed by atoms with van der Waals surface area (Å²) < 4.78 is 16.4. The first-order valence-corrected chi connectivity index (χ1v) is 10.9. The zero-order valence-electron chi connectivity index (χ0n) is 18.2. The molecule has 2 aliphatic heterocycles. The van der Waals surface area contributed by atoms with Crippen molar-refractivity contribution in [2.75, 3.05) is 31.7 Å². The highest BCUT2D eigenvalue weighted by Gasteiger charge is 2.33. The third-order valence-electron chi connectivity index (χ3n) is 6.51. The van der Waals surface area contributed by atoms with Gasteiger partial charge in [-0.3, -0.25) is 4.68 Å². The molecule has 2 unspecified atom stereocenters. The molecule has 4 heterocycles. The van der Waals surface area contributed by atoms with Crippen molar-refractivity contribution >= 4 is 11.4 Å². The lowest BCUT2D eigenvalue weighted by Crippen LogP contribution is -2.38. The average molecular weight is 443 g/mol. The van der Waals surface area contributed by atoms with Crippen molar-refractivity contribution in [2.45, 2.75) is 18.9 Å². The molecule has 9 heteroatoms. The lowest BCUT2D eigenvalue weighted by Gasteiger charge is -2.24. The molecule has 1 aromatic carbocycles. The number of nitrogens with zero attached hydrogens (tertiary/aromatic N) is 7. The zero-order chi connectivity index (χ0) is 22.9. The van der Waals surface area contributed by atoms with Gasteiger partial charge in [-0.2, -0.15) is 15.6 Å². The summed E-state index contributed by atoms with van der Waals surface area (Å²) in [6.45, 7) is 1.75. The lowest BCUT2D eigenvalue weighted by atomic mass is 9.96. The minimum absolute atomic E-state index is 0.107. The van der Waals surface area contributed by atoms with Gasteiger partial charge in [0.25, 0.3) is 0 Å². The van der Waals surface area contributed by atoms with Crippen molar-refractivity contribution < 1.29 is 4.39 Å². The van der Waals surface area contributed by atoms with Gasteiger partial charge in [0.15, 0.2) is 0 Å². The molecule has 166 valence electrons. The van der Waals surface area contributed by atoms with Gasteiger partial charge in [-0.15, -0.1) is 0 Å². The fourth-order valence-electron chi connectivity index (χ4n) is 4.95. The number of anilines is 1. The second-order valence-corrected chi connectivity index (χ2v) is 8.47. The monoisotopic (exact) mass is 442 g/mol. The van der Waals surface area contributed by atoms with Crippen LogP contribution in [0.25, 0.3) is 5.70 Å². The molecule has 5 rings (SSSR count). The second-order valence-electron chi connectivity index (χ2n) is 8.47. The van der Waals surface area contributed by atoms with E-state index in [0.717, 1.165) is 28.4 Å². The molecule has 1 N–H and O–H groups in total. The van der Waals surface area contributed by atoms with E-state index in [2.05, 4.69) is 32.1 Å². The summed E-state index contributed by atoms with van der Waals surface area (Å²) in [5.41, 5.74) is 3.54. The van der Waals surface area contributed by atoms with Gasteiger partial charge in [0.1, 0.15) is 24.0 Å². The van der Waals surface area contributed by atoms with E-state index in [0.29, 0.717) is 37.4 Å². The van der Waals surface area contributed by atoms with Gasteiger partial charge >= 0.3 is 0 Å². The second kappa shape index (κ2) is 8.44. The van der Waals surface area contributed by atoms with E-state index in [-0.39, 0.29) is 12.0 Å². The van der Waals surface area contributed by atoms with E-state index in [9.17, 15) is 14.9 Å². The molecule has 0 amide bonds. The van der Waals surface area contributed by atoms with E-state index in [1.807, 2.05) is 41.3 Å². The highest BCUT2D eigenvalue weighted by Crippen LogP contribution is 2.35. The molecule has 0 bridgehead atoms. The molecule has 2 atom stereocenters. The van der Waals surface area contributed by atoms with Crippen LogP contribution in [0.1, 0.15) is 30.0 Å². The highest BCUT2D eigenvalue weighted by atomic mass is 19.1. The maximum atomic E-state index is 14.5. The molecule has 1 saturated heterocycles. The number of fused-ring (bicyclic) bond motifs is 1. The highest BCUT2D eigenvalue weighted by molar-refractivity contribution is 5.63. The number of rotatable bonds is 5. The first-order chi connectivity index (χ1) is 16.1. The van der Waals surface area contributed by atoms with Crippen LogP contribution in [-0.2, 0) is 0 Å². The smallest absolute Gasteiger partial charge is 0.147 e. The SMILES string of the molecule is CN1CN=c2[nH]ccc2=C1c1cnn(C(CC#N)C2CCN(c3c(F)cccc3C#N)C2)c1. The summed E-state index contributed by atoms with van der Waals surface area (Å²) in [6.07, 6.45) is 6.79. The Hall–Kier alpha value is -4.11. The molecular formula is C24H23FN8. The van der Waals surface area contributed by atoms with Gasteiger partial charge in [0.2, 0.25) is 0 Å². The predicted octanol–water partition coefficient (Wildman–Crippen LogP) is 1.88. The maximum absolute atomic E-state index is 14.5. The van der Waals surface area contributed by atoms with Crippen LogP contribution in [0.15, 0.2) is 47.8 Å². The number of hydrogen-bond acceptors (Lipinski definition) is 6. The Balaban J connectivity index is 1.45. The van der Waals surface area contributed by atoms with Crippen LogP contribution >= 0.6 is 0 Å². The van der Waals surface area contributed by atoms with Crippen LogP contribution in [0.5, 0.6) is 0 Å². The molecule has 0 aliphatic carbocycles. The largest absolute Gasteiger partial charge is 0.368 e. The summed E-state index contributed by atoms with van der Waals surface area (Å²) >= 11 is 0. The number of aromatic amines is 1. The van der Waals surface area contributed by atoms with Gasteiger partial charge < -0.3 is 14.8 Å². The summed E-state index contributed by atoms with van der Waals surface area (Å²) in [5, 5.41) is 24.6. The van der Waals surface area contributed by atoms with Gasteiger partial charge in [-0.05, 0) is 24.6 Å². The minimum atomic E-state index is -0.391. The predicted molar refractivity (Wildman–Crippen MR) is 120 cm³/mol. The third-order valence-corrected chi connectivity index (χ3v) is 6.51. The molecule has 1 fully saturated rings. The zero-order valence-corrected chi connectivity index (χ0v) is 18.2. The molecule has 8 nitrogen and oxygen atoms in total. The number of para-hydroxylation sites is 1. The first kappa shape index (κ1) is 20.8. The molecule has 0 spiro atoms. The Labute approximate surface area is 190 Å². The number of nitrogens with one attached hydrogen (secondary N) is 1. The van der Waals surface area contributed by atoms with E-state index in [1.54, 1.807) is 12.1 Å². The number of aromatic nitrogens is 3. The van der Waals surface area contributed by atoms with Crippen LogP contribution in [0.4, 0.5) is 10.1 Å². The Morgan fingerprint density at radius 3 is 3.00 bits per heavy atom. The molecule has 2 aliphatic rings. The number of H-pyrrole nitrogens is 1. The molecule has 3 aromatic rings. The van der Waals surface area contributed by atoms with E-state index in [4.69, 9.17) is 0 Å². The van der Waals surface area contributed by atoms with E-state index in [1.165, 1.54) is 6.07 Å². The van der Waals surface area contributed by atoms with Crippen LogP contribution in [0.3, 0.4) is 0 Å². The fraction of sp³-hybridized carbons (Fsp3) is 0.333. The number of hydrogen-bond donors (Lipinski definition) is 1. The van der Waals surface area contributed by atoms with Gasteiger partial charge in [-0.25, -0.2) is 9.38 Å². The normalized spacial score (nSPS) is 18.4. The van der Waals surface area contributed by atoms with Gasteiger partial charge in [0.05, 0.1) is 41.7 Å². The summed E-state index contributed by atoms with van der Waals surface area (Å²) in [5.74, 6) is -0.284. The Morgan fingerprint density at radius 1 is 1.30 bits per heavy atom. The van der Waals surface area contributed by atoms with Gasteiger partial charge in [-0.1, -0.05) is 6.07 Å². The van der Waals surface area contributed by atoms with Crippen molar-refractivity contribution in [3.63, 3.8) is 0 Å². The topological polar surface area (TPSA) is 100 Å². The average Bonchev–Trinajstić information content (AvgIpc) is 3.58. The van der Waals surface area contributed by atoms with Crippen molar-refractivity contribution in [1.29, 1.82) is 10.5 Å². The van der Waals surface area contributed by atoms with Crippen molar-refractivity contribution in [2.24, 2.45) is 10.9 Å². The number of benzene rings is 1. The Morgan fingerprint density at radius 2 is 2.18 bits per heavy atom. The Bertz CT molecular complexity index is 1390. The summed E-state index contributed by atoms with van der Waals surface area (Å²) in [6, 6.07) is 10.8. The van der Waals surface area contributed by atoms with Gasteiger partial charge in [0, 0.05) is 49.2 Å². The maximum Gasteiger partial charge on any atom is 0.147 e. The fourth-order valence-corrected chi connectivity index (χ4v) is 4.95. The standard InChI is InChI=1S/C24H23FN8/c1-31-15-29-24-19(6-9-28-24)22(31)18-12-30-33(14-18)21(5-8-26)17-7-10-32(13-17)23-16(11-27)3-2-4-20(23)25/h2-4,6,9,12,14,17,21H,5,7,10,13,15H2,1H3,(H,28,29). The third kappa shape index (κ3) is 3.62. The van der Waals surface area contributed by atoms with Crippen LogP contribution < -0.4 is 15.6 Å². The van der Waals surface area contributed by atoms with E-state index < -0.39 is 5.82 Å². The molecule has 0 saturated carbocycles. The minimum Gasteiger partial charge on any atom is -0.368 e. The lowest BCUT2D eigenvalue weighted by molar-refractivity contribution is 0.331. The van der Waals surface area contributed by atoms with Crippen molar-refractivity contribution in [3.05, 3.63) is 70.5 Å². The van der Waals surface area contributed by atoms with Crippen molar-refractivity contribution in [3.8, 4) is 12.1 Å². The number of nitriles is 2. The van der Waals surface area contributed by atoms with E-state index >= 15 is 0 Å². The quantitative estimate of drug-likeness (QED) is 0.650.